The van der Waals surface area contributed by atoms with E-state index in [1.54, 1.807) is 12.1 Å². The summed E-state index contributed by atoms with van der Waals surface area (Å²) in [6, 6.07) is 5.06. The average Bonchev–Trinajstić information content (AvgIpc) is 2.61. The number of ketones is 1. The van der Waals surface area contributed by atoms with Gasteiger partial charge in [0.25, 0.3) is 0 Å². The van der Waals surface area contributed by atoms with E-state index in [2.05, 4.69) is 16.6 Å². The van der Waals surface area contributed by atoms with Crippen molar-refractivity contribution in [3.8, 4) is 17.2 Å². The monoisotopic (exact) mass is 402 g/mol. The molecule has 28 heavy (non-hydrogen) atoms. The summed E-state index contributed by atoms with van der Waals surface area (Å²) in [5.41, 5.74) is 13.5. The average molecular weight is 403 g/mol. The molecule has 0 amide bonds. The Morgan fingerprint density at radius 1 is 1.29 bits per heavy atom. The molecule has 2 atom stereocenters. The van der Waals surface area contributed by atoms with E-state index >= 15 is 0 Å². The number of rotatable bonds is 8. The van der Waals surface area contributed by atoms with Crippen LogP contribution in [-0.4, -0.2) is 43.9 Å². The van der Waals surface area contributed by atoms with Gasteiger partial charge in [0.05, 0.1) is 12.3 Å². The van der Waals surface area contributed by atoms with E-state index < -0.39 is 31.4 Å². The molecular weight excluding hydrogens is 376 g/mol. The number of hydrogen-bond acceptors (Lipinski definition) is 8. The molecule has 2 unspecified atom stereocenters. The zero-order valence-corrected chi connectivity index (χ0v) is 17.3. The Hall–Kier alpha value is -2.80. The quantitative estimate of drug-likeness (QED) is 0.0652. The molecular formula is C19H26N4O4Si. The molecule has 0 aliphatic heterocycles. The third-order valence-corrected chi connectivity index (χ3v) is 4.56. The zero-order valence-electron chi connectivity index (χ0n) is 16.3. The van der Waals surface area contributed by atoms with Gasteiger partial charge >= 0.3 is 5.97 Å². The van der Waals surface area contributed by atoms with Crippen LogP contribution in [0, 0.1) is 11.5 Å². The van der Waals surface area contributed by atoms with E-state index in [1.165, 1.54) is 18.3 Å². The van der Waals surface area contributed by atoms with E-state index in [1.807, 2.05) is 19.6 Å². The second-order valence-corrected chi connectivity index (χ2v) is 12.1. The molecule has 0 fully saturated rings. The van der Waals surface area contributed by atoms with Crippen molar-refractivity contribution in [1.29, 1.82) is 0 Å². The SMILES string of the molecule is C[Si](C)(C)C#CCC(N)(C(=O)Oc1ccc(C=NN)cc1)C(=O)C(N)CC=O. The van der Waals surface area contributed by atoms with Crippen molar-refractivity contribution in [2.75, 3.05) is 0 Å². The van der Waals surface area contributed by atoms with Crippen LogP contribution in [0.4, 0.5) is 0 Å². The van der Waals surface area contributed by atoms with Crippen molar-refractivity contribution >= 4 is 32.3 Å². The molecule has 6 N–H and O–H groups in total. The van der Waals surface area contributed by atoms with Gasteiger partial charge in [-0.3, -0.25) is 4.79 Å². The van der Waals surface area contributed by atoms with E-state index in [0.717, 1.165) is 0 Å². The van der Waals surface area contributed by atoms with E-state index in [-0.39, 0.29) is 18.6 Å². The molecule has 0 aliphatic rings. The first-order chi connectivity index (χ1) is 13.0. The van der Waals surface area contributed by atoms with Crippen molar-refractivity contribution in [2.24, 2.45) is 22.4 Å². The highest BCUT2D eigenvalue weighted by Gasteiger charge is 2.45. The maximum absolute atomic E-state index is 12.7. The number of hydrogen-bond donors (Lipinski definition) is 3. The van der Waals surface area contributed by atoms with Gasteiger partial charge in [0.1, 0.15) is 20.1 Å². The molecule has 0 saturated heterocycles. The van der Waals surface area contributed by atoms with Gasteiger partial charge in [-0.25, -0.2) is 4.79 Å². The third kappa shape index (κ3) is 6.73. The number of carbonyl (C=O) groups is 3. The second kappa shape index (κ2) is 9.94. The lowest BCUT2D eigenvalue weighted by Gasteiger charge is -2.26. The Bertz CT molecular complexity index is 806. The van der Waals surface area contributed by atoms with Gasteiger partial charge in [0.2, 0.25) is 0 Å². The molecule has 8 nitrogen and oxygen atoms in total. The Kier molecular flexibility index (Phi) is 8.25. The van der Waals surface area contributed by atoms with Gasteiger partial charge in [-0.05, 0) is 29.8 Å². The van der Waals surface area contributed by atoms with Crippen LogP contribution in [0.5, 0.6) is 5.75 Å². The molecule has 0 radical (unpaired) electrons. The summed E-state index contributed by atoms with van der Waals surface area (Å²) >= 11 is 0. The summed E-state index contributed by atoms with van der Waals surface area (Å²) in [6.45, 7) is 6.05. The number of aldehydes is 1. The summed E-state index contributed by atoms with van der Waals surface area (Å²) in [5.74, 6) is 6.32. The molecule has 0 bridgehead atoms. The molecule has 1 aromatic rings. The van der Waals surface area contributed by atoms with E-state index in [0.29, 0.717) is 11.8 Å². The Labute approximate surface area is 165 Å². The number of nitrogens with zero attached hydrogens (tertiary/aromatic N) is 1. The van der Waals surface area contributed by atoms with Gasteiger partial charge in [-0.15, -0.1) is 11.5 Å². The molecule has 0 saturated carbocycles. The molecule has 1 rings (SSSR count). The van der Waals surface area contributed by atoms with Crippen LogP contribution in [-0.2, 0) is 14.4 Å². The Morgan fingerprint density at radius 2 is 1.89 bits per heavy atom. The summed E-state index contributed by atoms with van der Waals surface area (Å²) < 4.78 is 5.28. The normalized spacial score (nSPS) is 14.5. The molecule has 0 heterocycles. The van der Waals surface area contributed by atoms with Crippen LogP contribution < -0.4 is 22.0 Å². The first-order valence-corrected chi connectivity index (χ1v) is 12.1. The maximum atomic E-state index is 12.7. The first-order valence-electron chi connectivity index (χ1n) is 8.61. The van der Waals surface area contributed by atoms with Crippen molar-refractivity contribution in [3.05, 3.63) is 29.8 Å². The van der Waals surface area contributed by atoms with Crippen molar-refractivity contribution < 1.29 is 19.1 Å². The minimum Gasteiger partial charge on any atom is -0.425 e. The van der Waals surface area contributed by atoms with Crippen LogP contribution in [0.15, 0.2) is 29.4 Å². The van der Waals surface area contributed by atoms with E-state index in [4.69, 9.17) is 22.0 Å². The number of Topliss-reactive ketones (excluding diaryl/α,β-unsaturated/α-hetero) is 1. The fourth-order valence-electron chi connectivity index (χ4n) is 2.16. The van der Waals surface area contributed by atoms with Crippen LogP contribution in [0.25, 0.3) is 0 Å². The number of esters is 1. The van der Waals surface area contributed by atoms with Crippen molar-refractivity contribution in [2.45, 2.75) is 44.1 Å². The van der Waals surface area contributed by atoms with Crippen molar-refractivity contribution in [1.82, 2.24) is 0 Å². The summed E-state index contributed by atoms with van der Waals surface area (Å²) in [7, 11) is -1.75. The molecule has 1 aromatic carbocycles. The molecule has 0 spiro atoms. The zero-order chi connectivity index (χ0) is 21.4. The summed E-state index contributed by atoms with van der Waals surface area (Å²) in [6.07, 6.45) is 1.42. The number of benzene rings is 1. The number of carbonyl (C=O) groups excluding carboxylic acids is 3. The fraction of sp³-hybridized carbons (Fsp3) is 0.368. The van der Waals surface area contributed by atoms with Crippen LogP contribution in [0.2, 0.25) is 19.6 Å². The van der Waals surface area contributed by atoms with Gasteiger partial charge < -0.3 is 26.8 Å². The lowest BCUT2D eigenvalue weighted by atomic mass is 9.86. The Morgan fingerprint density at radius 3 is 2.39 bits per heavy atom. The lowest BCUT2D eigenvalue weighted by Crippen LogP contribution is -2.61. The molecule has 0 aliphatic carbocycles. The van der Waals surface area contributed by atoms with Gasteiger partial charge in [-0.1, -0.05) is 19.6 Å². The summed E-state index contributed by atoms with van der Waals surface area (Å²) in [4.78, 5) is 36.1. The lowest BCUT2D eigenvalue weighted by molar-refractivity contribution is -0.146. The largest absolute Gasteiger partial charge is 0.425 e. The minimum absolute atomic E-state index is 0.184. The molecule has 9 heteroatoms. The van der Waals surface area contributed by atoms with Crippen molar-refractivity contribution in [3.63, 3.8) is 0 Å². The fourth-order valence-corrected chi connectivity index (χ4v) is 2.78. The van der Waals surface area contributed by atoms with Crippen LogP contribution in [0.1, 0.15) is 18.4 Å². The highest BCUT2D eigenvalue weighted by atomic mass is 28.3. The topological polar surface area (TPSA) is 151 Å². The van der Waals surface area contributed by atoms with E-state index in [9.17, 15) is 14.4 Å². The maximum Gasteiger partial charge on any atom is 0.340 e. The Balaban J connectivity index is 3.13. The summed E-state index contributed by atoms with van der Waals surface area (Å²) in [5, 5.41) is 3.40. The second-order valence-electron chi connectivity index (χ2n) is 7.31. The first kappa shape index (κ1) is 23.2. The van der Waals surface area contributed by atoms with Gasteiger partial charge in [0, 0.05) is 12.8 Å². The number of hydrazone groups is 1. The predicted molar refractivity (Wildman–Crippen MR) is 110 cm³/mol. The smallest absolute Gasteiger partial charge is 0.340 e. The highest BCUT2D eigenvalue weighted by Crippen LogP contribution is 2.18. The van der Waals surface area contributed by atoms with Gasteiger partial charge in [0.15, 0.2) is 11.3 Å². The minimum atomic E-state index is -2.08. The molecule has 150 valence electrons. The van der Waals surface area contributed by atoms with Crippen LogP contribution >= 0.6 is 0 Å². The third-order valence-electron chi connectivity index (χ3n) is 3.64. The number of nitrogens with two attached hydrogens (primary N) is 3. The van der Waals surface area contributed by atoms with Crippen LogP contribution in [0.3, 0.4) is 0 Å². The molecule has 0 aromatic heterocycles. The highest BCUT2D eigenvalue weighted by molar-refractivity contribution is 6.83. The number of ether oxygens (including phenoxy) is 1. The standard InChI is InChI=1S/C19H26N4O4Si/c1-28(2,3)12-4-10-19(21,17(25)16(20)9-11-24)18(26)27-15-7-5-14(6-8-15)13-23-22/h5-8,11,13,16H,9-10,20-22H2,1-3H3. The predicted octanol–water partition coefficient (Wildman–Crippen LogP) is 0.338. The van der Waals surface area contributed by atoms with Gasteiger partial charge in [-0.2, -0.15) is 5.10 Å².